The molecule has 0 amide bonds. The summed E-state index contributed by atoms with van der Waals surface area (Å²) in [5.41, 5.74) is 0. The zero-order valence-corrected chi connectivity index (χ0v) is 8.67. The molecule has 0 saturated heterocycles. The second kappa shape index (κ2) is 3.83. The zero-order valence-electron chi connectivity index (χ0n) is 6.27. The molecule has 0 aliphatic heterocycles. The van der Waals surface area contributed by atoms with Crippen LogP contribution in [-0.2, 0) is 14.8 Å². The maximum Gasteiger partial charge on any atom is 0.292 e. The van der Waals surface area contributed by atoms with Gasteiger partial charge in [0, 0.05) is 4.47 Å². The molecule has 0 radical (unpaired) electrons. The highest BCUT2D eigenvalue weighted by atomic mass is 79.9. The van der Waals surface area contributed by atoms with E-state index in [0.717, 1.165) is 10.6 Å². The predicted octanol–water partition coefficient (Wildman–Crippen LogP) is 1.47. The van der Waals surface area contributed by atoms with Crippen LogP contribution in [0.2, 0.25) is 0 Å². The predicted molar refractivity (Wildman–Crippen MR) is 49.4 cm³/mol. The number of carbonyl (C=O) groups excluding carboxylic acids is 1. The van der Waals surface area contributed by atoms with Crippen molar-refractivity contribution in [3.8, 4) is 0 Å². The third kappa shape index (κ3) is 2.48. The largest absolute Gasteiger partial charge is 0.292 e. The van der Waals surface area contributed by atoms with Crippen molar-refractivity contribution >= 4 is 32.0 Å². The quantitative estimate of drug-likeness (QED) is 0.599. The molecule has 0 fully saturated rings. The van der Waals surface area contributed by atoms with Crippen molar-refractivity contribution in [3.05, 3.63) is 28.7 Å². The van der Waals surface area contributed by atoms with Crippen LogP contribution in [0.3, 0.4) is 0 Å². The summed E-state index contributed by atoms with van der Waals surface area (Å²) in [4.78, 5) is 9.75. The Hall–Kier alpha value is -0.970. The number of benzene rings is 1. The SMILES string of the molecule is O=C=NS(=O)(=O)c1ccc(Br)cc1. The van der Waals surface area contributed by atoms with Crippen molar-refractivity contribution in [3.63, 3.8) is 0 Å². The average Bonchev–Trinajstić information content (AvgIpc) is 2.05. The molecular weight excluding hydrogens is 258 g/mol. The minimum absolute atomic E-state index is 0.0287. The van der Waals surface area contributed by atoms with E-state index in [0.29, 0.717) is 0 Å². The second-order valence-corrected chi connectivity index (χ2v) is 4.63. The molecular formula is C7H4BrNO3S. The van der Waals surface area contributed by atoms with E-state index in [4.69, 9.17) is 0 Å². The van der Waals surface area contributed by atoms with Gasteiger partial charge in [0.1, 0.15) is 0 Å². The highest BCUT2D eigenvalue weighted by molar-refractivity contribution is 9.10. The normalized spacial score (nSPS) is 10.5. The van der Waals surface area contributed by atoms with Crippen molar-refractivity contribution in [1.29, 1.82) is 0 Å². The summed E-state index contributed by atoms with van der Waals surface area (Å²) in [7, 11) is -3.85. The van der Waals surface area contributed by atoms with Gasteiger partial charge in [-0.25, -0.2) is 4.79 Å². The highest BCUT2D eigenvalue weighted by Gasteiger charge is 2.11. The molecule has 0 unspecified atom stereocenters. The molecule has 68 valence electrons. The first-order chi connectivity index (χ1) is 6.06. The van der Waals surface area contributed by atoms with Gasteiger partial charge in [-0.1, -0.05) is 20.3 Å². The van der Waals surface area contributed by atoms with Crippen molar-refractivity contribution in [2.24, 2.45) is 4.40 Å². The van der Waals surface area contributed by atoms with Gasteiger partial charge in [0.15, 0.2) is 0 Å². The summed E-state index contributed by atoms with van der Waals surface area (Å²) in [5.74, 6) is 0. The van der Waals surface area contributed by atoms with Crippen molar-refractivity contribution in [1.82, 2.24) is 0 Å². The van der Waals surface area contributed by atoms with Crippen LogP contribution in [0, 0.1) is 0 Å². The monoisotopic (exact) mass is 261 g/mol. The van der Waals surface area contributed by atoms with Crippen LogP contribution in [-0.4, -0.2) is 14.5 Å². The molecule has 1 aromatic carbocycles. The molecule has 4 nitrogen and oxygen atoms in total. The molecule has 0 N–H and O–H groups in total. The summed E-state index contributed by atoms with van der Waals surface area (Å²) >= 11 is 3.15. The standard InChI is InChI=1S/C7H4BrNO3S/c8-6-1-3-7(4-2-6)13(11,12)9-5-10/h1-4H. The molecule has 13 heavy (non-hydrogen) atoms. The molecule has 0 saturated carbocycles. The smallest absolute Gasteiger partial charge is 0.210 e. The van der Waals surface area contributed by atoms with Crippen LogP contribution < -0.4 is 0 Å². The Bertz CT molecular complexity index is 445. The van der Waals surface area contributed by atoms with E-state index >= 15 is 0 Å². The molecule has 0 aliphatic carbocycles. The number of halogens is 1. The number of rotatable bonds is 2. The zero-order chi connectivity index (χ0) is 9.90. The van der Waals surface area contributed by atoms with E-state index in [1.807, 2.05) is 0 Å². The summed E-state index contributed by atoms with van der Waals surface area (Å²) in [5, 5.41) is 0. The Morgan fingerprint density at radius 1 is 1.23 bits per heavy atom. The van der Waals surface area contributed by atoms with Gasteiger partial charge in [0.2, 0.25) is 0 Å². The Kier molecular flexibility index (Phi) is 2.98. The molecule has 1 rings (SSSR count). The van der Waals surface area contributed by atoms with Gasteiger partial charge in [-0.2, -0.15) is 8.42 Å². The van der Waals surface area contributed by atoms with E-state index < -0.39 is 10.0 Å². The Labute approximate surface area is 83.5 Å². The number of hydrogen-bond acceptors (Lipinski definition) is 3. The lowest BCUT2D eigenvalue weighted by Crippen LogP contribution is -1.95. The molecule has 0 aliphatic rings. The van der Waals surface area contributed by atoms with Crippen molar-refractivity contribution in [2.75, 3.05) is 0 Å². The van der Waals surface area contributed by atoms with Crippen LogP contribution in [0.5, 0.6) is 0 Å². The number of sulfonamides is 1. The van der Waals surface area contributed by atoms with Gasteiger partial charge in [-0.05, 0) is 24.3 Å². The van der Waals surface area contributed by atoms with Gasteiger partial charge in [0.25, 0.3) is 16.1 Å². The van der Waals surface area contributed by atoms with E-state index in [1.165, 1.54) is 12.1 Å². The second-order valence-electron chi connectivity index (χ2n) is 2.11. The van der Waals surface area contributed by atoms with Crippen LogP contribution >= 0.6 is 15.9 Å². The first kappa shape index (κ1) is 10.1. The van der Waals surface area contributed by atoms with E-state index in [-0.39, 0.29) is 4.90 Å². The summed E-state index contributed by atoms with van der Waals surface area (Å²) in [6.45, 7) is 0. The summed E-state index contributed by atoms with van der Waals surface area (Å²) < 4.78 is 25.7. The minimum Gasteiger partial charge on any atom is -0.210 e. The molecule has 0 bridgehead atoms. The third-order valence-electron chi connectivity index (χ3n) is 1.27. The van der Waals surface area contributed by atoms with Gasteiger partial charge in [-0.15, -0.1) is 0 Å². The van der Waals surface area contributed by atoms with Crippen molar-refractivity contribution in [2.45, 2.75) is 4.90 Å². The van der Waals surface area contributed by atoms with Crippen LogP contribution in [0.4, 0.5) is 0 Å². The minimum atomic E-state index is -3.85. The summed E-state index contributed by atoms with van der Waals surface area (Å²) in [6, 6.07) is 5.79. The van der Waals surface area contributed by atoms with Crippen LogP contribution in [0.25, 0.3) is 0 Å². The van der Waals surface area contributed by atoms with Gasteiger partial charge in [0.05, 0.1) is 4.90 Å². The maximum absolute atomic E-state index is 11.1. The Balaban J connectivity index is 3.24. The number of hydrogen-bond donors (Lipinski definition) is 0. The van der Waals surface area contributed by atoms with E-state index in [2.05, 4.69) is 20.3 Å². The highest BCUT2D eigenvalue weighted by Crippen LogP contribution is 2.15. The molecule has 1 aromatic rings. The Morgan fingerprint density at radius 2 is 1.77 bits per heavy atom. The fourth-order valence-electron chi connectivity index (χ4n) is 0.708. The molecule has 0 heterocycles. The third-order valence-corrected chi connectivity index (χ3v) is 2.98. The van der Waals surface area contributed by atoms with E-state index in [1.54, 1.807) is 12.1 Å². The van der Waals surface area contributed by atoms with Crippen LogP contribution in [0.1, 0.15) is 0 Å². The maximum atomic E-state index is 11.1. The molecule has 0 spiro atoms. The van der Waals surface area contributed by atoms with Gasteiger partial charge >= 0.3 is 0 Å². The lowest BCUT2D eigenvalue weighted by molar-refractivity contribution is 0.563. The lowest BCUT2D eigenvalue weighted by atomic mass is 10.4. The lowest BCUT2D eigenvalue weighted by Gasteiger charge is -1.95. The van der Waals surface area contributed by atoms with Gasteiger partial charge in [-0.3, -0.25) is 0 Å². The summed E-state index contributed by atoms with van der Waals surface area (Å²) in [6.07, 6.45) is 0.996. The van der Waals surface area contributed by atoms with E-state index in [9.17, 15) is 13.2 Å². The Morgan fingerprint density at radius 3 is 2.23 bits per heavy atom. The van der Waals surface area contributed by atoms with Crippen molar-refractivity contribution < 1.29 is 13.2 Å². The first-order valence-corrected chi connectivity index (χ1v) is 5.39. The number of nitrogens with zero attached hydrogens (tertiary/aromatic N) is 1. The fourth-order valence-corrected chi connectivity index (χ4v) is 1.66. The van der Waals surface area contributed by atoms with Gasteiger partial charge < -0.3 is 0 Å². The topological polar surface area (TPSA) is 63.6 Å². The molecule has 0 aromatic heterocycles. The molecule has 0 atom stereocenters. The van der Waals surface area contributed by atoms with Crippen LogP contribution in [0.15, 0.2) is 38.0 Å². The molecule has 6 heteroatoms. The average molecular weight is 262 g/mol. The first-order valence-electron chi connectivity index (χ1n) is 3.16. The number of isocyanates is 1. The fraction of sp³-hybridized carbons (Fsp3) is 0.